The molecule has 0 radical (unpaired) electrons. The third-order valence-corrected chi connectivity index (χ3v) is 9.89. The van der Waals surface area contributed by atoms with Gasteiger partial charge in [-0.2, -0.15) is 4.31 Å². The highest BCUT2D eigenvalue weighted by atomic mass is 32.2. The van der Waals surface area contributed by atoms with Gasteiger partial charge in [0.1, 0.15) is 0 Å². The van der Waals surface area contributed by atoms with E-state index < -0.39 is 15.6 Å². The van der Waals surface area contributed by atoms with Gasteiger partial charge in [-0.05, 0) is 85.4 Å². The smallest absolute Gasteiger partial charge is 0.251 e. The fourth-order valence-corrected chi connectivity index (χ4v) is 7.32. The highest BCUT2D eigenvalue weighted by Gasteiger charge is 2.51. The Kier molecular flexibility index (Phi) is 8.14. The predicted molar refractivity (Wildman–Crippen MR) is 149 cm³/mol. The van der Waals surface area contributed by atoms with Crippen LogP contribution in [0.3, 0.4) is 0 Å². The lowest BCUT2D eigenvalue weighted by atomic mass is 9.70. The van der Waals surface area contributed by atoms with E-state index in [1.807, 2.05) is 0 Å². The molecule has 204 valence electrons. The monoisotopic (exact) mass is 537 g/mol. The fraction of sp³-hybridized carbons (Fsp3) is 0.467. The van der Waals surface area contributed by atoms with E-state index in [1.165, 1.54) is 23.8 Å². The Morgan fingerprint density at radius 1 is 1.08 bits per heavy atom. The third-order valence-electron chi connectivity index (χ3n) is 7.88. The van der Waals surface area contributed by atoms with Gasteiger partial charge in [0, 0.05) is 30.2 Å². The van der Waals surface area contributed by atoms with Crippen LogP contribution in [0.25, 0.3) is 0 Å². The van der Waals surface area contributed by atoms with Crippen molar-refractivity contribution in [2.45, 2.75) is 81.2 Å². The Labute approximate surface area is 226 Å². The molecule has 2 amide bonds. The summed E-state index contributed by atoms with van der Waals surface area (Å²) < 4.78 is 28.8. The van der Waals surface area contributed by atoms with E-state index in [2.05, 4.69) is 62.2 Å². The van der Waals surface area contributed by atoms with Gasteiger partial charge in [0.25, 0.3) is 5.91 Å². The molecule has 2 N–H and O–H groups in total. The summed E-state index contributed by atoms with van der Waals surface area (Å²) in [6.07, 6.45) is 5.66. The summed E-state index contributed by atoms with van der Waals surface area (Å²) in [5, 5.41) is 5.87. The topological polar surface area (TPSA) is 95.6 Å². The van der Waals surface area contributed by atoms with E-state index in [0.717, 1.165) is 24.8 Å². The second-order valence-electron chi connectivity index (χ2n) is 11.5. The summed E-state index contributed by atoms with van der Waals surface area (Å²) in [7, 11) is -3.73. The lowest BCUT2D eigenvalue weighted by Crippen LogP contribution is -2.63. The molecule has 1 heterocycles. The number of nitrogens with zero attached hydrogens (tertiary/aromatic N) is 1. The summed E-state index contributed by atoms with van der Waals surface area (Å²) in [5.74, 6) is -0.456. The van der Waals surface area contributed by atoms with Gasteiger partial charge in [0.05, 0.1) is 4.90 Å². The molecule has 1 aliphatic heterocycles. The lowest BCUT2D eigenvalue weighted by molar-refractivity contribution is -0.117. The van der Waals surface area contributed by atoms with E-state index >= 15 is 0 Å². The zero-order chi connectivity index (χ0) is 27.6. The van der Waals surface area contributed by atoms with Crippen molar-refractivity contribution in [1.82, 2.24) is 14.9 Å². The zero-order valence-electron chi connectivity index (χ0n) is 22.6. The number of benzene rings is 2. The van der Waals surface area contributed by atoms with Crippen LogP contribution in [0.2, 0.25) is 0 Å². The summed E-state index contributed by atoms with van der Waals surface area (Å²) in [4.78, 5) is 24.6. The van der Waals surface area contributed by atoms with E-state index in [-0.39, 0.29) is 28.2 Å². The van der Waals surface area contributed by atoms with E-state index in [0.29, 0.717) is 37.9 Å². The molecule has 2 aromatic rings. The number of amides is 2. The van der Waals surface area contributed by atoms with Gasteiger partial charge in [-0.15, -0.1) is 0 Å². The van der Waals surface area contributed by atoms with Gasteiger partial charge in [-0.1, -0.05) is 51.6 Å². The summed E-state index contributed by atoms with van der Waals surface area (Å²) in [6, 6.07) is 14.6. The molecule has 7 nitrogen and oxygen atoms in total. The first-order valence-corrected chi connectivity index (χ1v) is 14.8. The average molecular weight is 538 g/mol. The minimum absolute atomic E-state index is 0.0604. The van der Waals surface area contributed by atoms with Gasteiger partial charge >= 0.3 is 0 Å². The highest BCUT2D eigenvalue weighted by Crippen LogP contribution is 2.46. The fourth-order valence-electron chi connectivity index (χ4n) is 5.47. The van der Waals surface area contributed by atoms with Crippen LogP contribution in [0.1, 0.15) is 74.4 Å². The molecule has 1 saturated carbocycles. The van der Waals surface area contributed by atoms with Crippen molar-refractivity contribution in [2.24, 2.45) is 0 Å². The van der Waals surface area contributed by atoms with Gasteiger partial charge in [-0.25, -0.2) is 8.42 Å². The third kappa shape index (κ3) is 6.02. The highest BCUT2D eigenvalue weighted by molar-refractivity contribution is 7.89. The first-order chi connectivity index (χ1) is 17.9. The normalized spacial score (nSPS) is 19.4. The second kappa shape index (κ2) is 11.0. The molecule has 1 saturated heterocycles. The molecule has 4 rings (SSSR count). The van der Waals surface area contributed by atoms with Crippen LogP contribution in [-0.4, -0.2) is 49.2 Å². The van der Waals surface area contributed by atoms with E-state index in [4.69, 9.17) is 0 Å². The van der Waals surface area contributed by atoms with E-state index in [9.17, 15) is 18.0 Å². The van der Waals surface area contributed by atoms with Crippen LogP contribution in [-0.2, 0) is 26.7 Å². The number of nitrogens with one attached hydrogen (secondary N) is 2. The van der Waals surface area contributed by atoms with Gasteiger partial charge in [0.2, 0.25) is 15.9 Å². The quantitative estimate of drug-likeness (QED) is 0.490. The molecular weight excluding hydrogens is 498 g/mol. The number of piperidine rings is 1. The predicted octanol–water partition coefficient (Wildman–Crippen LogP) is 4.33. The van der Waals surface area contributed by atoms with Gasteiger partial charge in [0.15, 0.2) is 0 Å². The Balaban J connectivity index is 1.36. The Morgan fingerprint density at radius 3 is 2.29 bits per heavy atom. The molecule has 1 aliphatic carbocycles. The first kappa shape index (κ1) is 28.0. The standard InChI is InChI=1S/C30H39N3O4S/c1-5-27(34)32-25-16-20-33(30(21-25)17-6-18-30)38(36,37)26-13-9-23(10-14-26)28(35)31-19-15-22-7-11-24(12-8-22)29(2,3)4/h5,7-14,25H,1,6,15-21H2,2-4H3,(H,31,35)(H,32,34). The number of sulfonamides is 1. The van der Waals surface area contributed by atoms with Crippen LogP contribution in [0.4, 0.5) is 0 Å². The Hall–Kier alpha value is -2.97. The number of carbonyl (C=O) groups excluding carboxylic acids is 2. The first-order valence-electron chi connectivity index (χ1n) is 13.4. The number of hydrogen-bond donors (Lipinski definition) is 2. The maximum atomic E-state index is 13.6. The van der Waals surface area contributed by atoms with Crippen molar-refractivity contribution in [2.75, 3.05) is 13.1 Å². The maximum absolute atomic E-state index is 13.6. The molecule has 2 aliphatic rings. The molecule has 0 aromatic heterocycles. The van der Waals surface area contributed by atoms with E-state index in [1.54, 1.807) is 16.4 Å². The van der Waals surface area contributed by atoms with Crippen LogP contribution >= 0.6 is 0 Å². The molecule has 2 fully saturated rings. The van der Waals surface area contributed by atoms with Crippen molar-refractivity contribution in [3.63, 3.8) is 0 Å². The molecule has 38 heavy (non-hydrogen) atoms. The van der Waals surface area contributed by atoms with Crippen LogP contribution < -0.4 is 10.6 Å². The van der Waals surface area contributed by atoms with Crippen molar-refractivity contribution in [1.29, 1.82) is 0 Å². The molecule has 1 atom stereocenters. The molecule has 1 unspecified atom stereocenters. The Morgan fingerprint density at radius 2 is 1.74 bits per heavy atom. The number of hydrogen-bond acceptors (Lipinski definition) is 4. The lowest BCUT2D eigenvalue weighted by Gasteiger charge is -2.54. The summed E-state index contributed by atoms with van der Waals surface area (Å²) >= 11 is 0. The molecule has 8 heteroatoms. The minimum atomic E-state index is -3.73. The van der Waals surface area contributed by atoms with Crippen molar-refractivity contribution in [3.8, 4) is 0 Å². The minimum Gasteiger partial charge on any atom is -0.352 e. The van der Waals surface area contributed by atoms with Crippen molar-refractivity contribution in [3.05, 3.63) is 77.9 Å². The SMILES string of the molecule is C=CC(=O)NC1CCN(S(=O)(=O)c2ccc(C(=O)NCCc3ccc(C(C)(C)C)cc3)cc2)C2(CCC2)C1. The largest absolute Gasteiger partial charge is 0.352 e. The molecule has 0 bridgehead atoms. The number of rotatable bonds is 8. The van der Waals surface area contributed by atoms with Crippen molar-refractivity contribution < 1.29 is 18.0 Å². The number of carbonyl (C=O) groups is 2. The molecule has 1 spiro atoms. The van der Waals surface area contributed by atoms with Gasteiger partial charge < -0.3 is 10.6 Å². The average Bonchev–Trinajstić information content (AvgIpc) is 2.87. The molecular formula is C30H39N3O4S. The second-order valence-corrected chi connectivity index (χ2v) is 13.4. The van der Waals surface area contributed by atoms with Gasteiger partial charge in [-0.3, -0.25) is 9.59 Å². The Bertz CT molecular complexity index is 1270. The van der Waals surface area contributed by atoms with Crippen LogP contribution in [0.5, 0.6) is 0 Å². The maximum Gasteiger partial charge on any atom is 0.251 e. The summed E-state index contributed by atoms with van der Waals surface area (Å²) in [5.41, 5.74) is 2.49. The zero-order valence-corrected chi connectivity index (χ0v) is 23.4. The van der Waals surface area contributed by atoms with Crippen molar-refractivity contribution >= 4 is 21.8 Å². The molecule has 2 aromatic carbocycles. The van der Waals surface area contributed by atoms with Crippen LogP contribution in [0, 0.1) is 0 Å². The summed E-state index contributed by atoms with van der Waals surface area (Å²) in [6.45, 7) is 10.9. The van der Waals surface area contributed by atoms with Crippen LogP contribution in [0.15, 0.2) is 66.1 Å².